The van der Waals surface area contributed by atoms with Gasteiger partial charge in [-0.15, -0.1) is 0 Å². The Balaban J connectivity index is 1.43. The zero-order valence-electron chi connectivity index (χ0n) is 14.9. The van der Waals surface area contributed by atoms with E-state index in [1.807, 2.05) is 54.6 Å². The predicted octanol–water partition coefficient (Wildman–Crippen LogP) is 3.07. The van der Waals surface area contributed by atoms with E-state index in [1.165, 1.54) is 4.90 Å². The number of nitrogens with one attached hydrogen (secondary N) is 1. The lowest BCUT2D eigenvalue weighted by Crippen LogP contribution is -2.47. The molecule has 1 fully saturated rings. The van der Waals surface area contributed by atoms with E-state index in [-0.39, 0.29) is 12.5 Å². The highest BCUT2D eigenvalue weighted by molar-refractivity contribution is 6.07. The van der Waals surface area contributed by atoms with Crippen LogP contribution in [0.3, 0.4) is 0 Å². The first-order chi connectivity index (χ1) is 13.7. The summed E-state index contributed by atoms with van der Waals surface area (Å²) in [6, 6.07) is 18.2. The van der Waals surface area contributed by atoms with Crippen molar-refractivity contribution in [3.63, 3.8) is 0 Å². The third kappa shape index (κ3) is 2.47. The molecule has 2 aliphatic heterocycles. The molecule has 140 valence electrons. The van der Waals surface area contributed by atoms with Gasteiger partial charge in [0, 0.05) is 23.6 Å². The zero-order chi connectivity index (χ0) is 19.1. The van der Waals surface area contributed by atoms with Crippen molar-refractivity contribution in [3.8, 4) is 17.1 Å². The number of ether oxygens (including phenoxy) is 1. The van der Waals surface area contributed by atoms with Gasteiger partial charge in [0.15, 0.2) is 11.3 Å². The van der Waals surface area contributed by atoms with Crippen molar-refractivity contribution in [2.45, 2.75) is 18.5 Å². The van der Waals surface area contributed by atoms with Crippen LogP contribution >= 0.6 is 0 Å². The molecule has 2 aliphatic rings. The van der Waals surface area contributed by atoms with Gasteiger partial charge in [0.2, 0.25) is 0 Å². The maximum atomic E-state index is 13.3. The molecule has 1 unspecified atom stereocenters. The highest BCUT2D eigenvalue weighted by atomic mass is 16.5. The Morgan fingerprint density at radius 1 is 1.07 bits per heavy atom. The van der Waals surface area contributed by atoms with Gasteiger partial charge in [-0.1, -0.05) is 53.7 Å². The van der Waals surface area contributed by atoms with Crippen LogP contribution in [0.1, 0.15) is 17.7 Å². The minimum atomic E-state index is -1.09. The summed E-state index contributed by atoms with van der Waals surface area (Å²) in [6.07, 6.45) is 0.388. The minimum Gasteiger partial charge on any atom is -0.493 e. The van der Waals surface area contributed by atoms with Crippen molar-refractivity contribution in [3.05, 3.63) is 71.9 Å². The number of para-hydroxylation sites is 1. The van der Waals surface area contributed by atoms with Crippen molar-refractivity contribution < 1.29 is 18.8 Å². The van der Waals surface area contributed by atoms with E-state index < -0.39 is 11.6 Å². The number of aromatic nitrogens is 1. The molecule has 7 heteroatoms. The smallest absolute Gasteiger partial charge is 0.325 e. The first-order valence-corrected chi connectivity index (χ1v) is 9.05. The Bertz CT molecular complexity index is 1060. The van der Waals surface area contributed by atoms with E-state index in [9.17, 15) is 9.59 Å². The van der Waals surface area contributed by atoms with Crippen molar-refractivity contribution in [1.29, 1.82) is 0 Å². The fraction of sp³-hybridized carbons (Fsp3) is 0.190. The van der Waals surface area contributed by atoms with Crippen molar-refractivity contribution in [2.75, 3.05) is 6.61 Å². The summed E-state index contributed by atoms with van der Waals surface area (Å²) >= 11 is 0. The monoisotopic (exact) mass is 375 g/mol. The van der Waals surface area contributed by atoms with Crippen LogP contribution in [0, 0.1) is 0 Å². The van der Waals surface area contributed by atoms with Crippen LogP contribution in [0.25, 0.3) is 11.3 Å². The topological polar surface area (TPSA) is 84.7 Å². The molecule has 2 aromatic carbocycles. The fourth-order valence-electron chi connectivity index (χ4n) is 3.80. The van der Waals surface area contributed by atoms with Gasteiger partial charge in [-0.3, -0.25) is 9.69 Å². The molecule has 3 heterocycles. The average Bonchev–Trinajstić information content (AvgIpc) is 3.29. The predicted molar refractivity (Wildman–Crippen MR) is 99.3 cm³/mol. The lowest BCUT2D eigenvalue weighted by molar-refractivity contribution is -0.133. The van der Waals surface area contributed by atoms with Crippen molar-refractivity contribution >= 4 is 11.9 Å². The third-order valence-corrected chi connectivity index (χ3v) is 5.19. The molecule has 1 spiro atoms. The average molecular weight is 375 g/mol. The SMILES string of the molecule is O=C1NC2(CCOc3ccccc32)C(=O)N1Cc1cc(-c2ccccc2)on1. The number of hydrogen-bond acceptors (Lipinski definition) is 5. The molecule has 7 nitrogen and oxygen atoms in total. The number of urea groups is 1. The summed E-state index contributed by atoms with van der Waals surface area (Å²) in [5.74, 6) is 0.920. The van der Waals surface area contributed by atoms with Gasteiger partial charge in [0.25, 0.3) is 5.91 Å². The number of carbonyl (C=O) groups excluding carboxylic acids is 2. The first kappa shape index (κ1) is 16.6. The summed E-state index contributed by atoms with van der Waals surface area (Å²) in [7, 11) is 0. The van der Waals surface area contributed by atoms with Crippen LogP contribution in [-0.2, 0) is 16.9 Å². The molecule has 0 aliphatic carbocycles. The van der Waals surface area contributed by atoms with Crippen LogP contribution in [0.5, 0.6) is 5.75 Å². The molecule has 3 amide bonds. The van der Waals surface area contributed by atoms with E-state index in [0.717, 1.165) is 5.56 Å². The number of rotatable bonds is 3. The highest BCUT2D eigenvalue weighted by Gasteiger charge is 2.54. The molecular weight excluding hydrogens is 358 g/mol. The van der Waals surface area contributed by atoms with Crippen molar-refractivity contribution in [2.24, 2.45) is 0 Å². The van der Waals surface area contributed by atoms with Crippen LogP contribution in [-0.4, -0.2) is 28.6 Å². The van der Waals surface area contributed by atoms with E-state index in [0.29, 0.717) is 35.8 Å². The molecule has 0 bridgehead atoms. The summed E-state index contributed by atoms with van der Waals surface area (Å²) in [6.45, 7) is 0.408. The number of hydrogen-bond donors (Lipinski definition) is 1. The molecule has 5 rings (SSSR count). The summed E-state index contributed by atoms with van der Waals surface area (Å²) in [4.78, 5) is 27.1. The molecule has 0 saturated carbocycles. The Morgan fingerprint density at radius 3 is 2.71 bits per heavy atom. The molecule has 1 aromatic heterocycles. The number of imide groups is 1. The van der Waals surface area contributed by atoms with Gasteiger partial charge < -0.3 is 14.6 Å². The largest absolute Gasteiger partial charge is 0.493 e. The quantitative estimate of drug-likeness (QED) is 0.711. The van der Waals surface area contributed by atoms with E-state index >= 15 is 0 Å². The lowest BCUT2D eigenvalue weighted by atomic mass is 9.84. The fourth-order valence-corrected chi connectivity index (χ4v) is 3.80. The normalized spacial score (nSPS) is 20.8. The zero-order valence-corrected chi connectivity index (χ0v) is 14.9. The number of nitrogens with zero attached hydrogens (tertiary/aromatic N) is 2. The Morgan fingerprint density at radius 2 is 1.86 bits per heavy atom. The third-order valence-electron chi connectivity index (χ3n) is 5.19. The lowest BCUT2D eigenvalue weighted by Gasteiger charge is -2.33. The van der Waals surface area contributed by atoms with Gasteiger partial charge >= 0.3 is 6.03 Å². The molecule has 3 aromatic rings. The van der Waals surface area contributed by atoms with Gasteiger partial charge in [-0.25, -0.2) is 4.79 Å². The van der Waals surface area contributed by atoms with Gasteiger partial charge in [-0.2, -0.15) is 0 Å². The second-order valence-corrected chi connectivity index (χ2v) is 6.87. The summed E-state index contributed by atoms with van der Waals surface area (Å²) < 4.78 is 11.0. The van der Waals surface area contributed by atoms with Crippen LogP contribution in [0.2, 0.25) is 0 Å². The number of carbonyl (C=O) groups is 2. The van der Waals surface area contributed by atoms with Crippen LogP contribution in [0.15, 0.2) is 65.2 Å². The maximum absolute atomic E-state index is 13.3. The van der Waals surface area contributed by atoms with E-state index in [4.69, 9.17) is 9.26 Å². The van der Waals surface area contributed by atoms with Gasteiger partial charge in [-0.05, 0) is 6.07 Å². The number of fused-ring (bicyclic) bond motifs is 2. The first-order valence-electron chi connectivity index (χ1n) is 9.05. The molecule has 1 N–H and O–H groups in total. The molecule has 0 radical (unpaired) electrons. The van der Waals surface area contributed by atoms with Gasteiger partial charge in [0.05, 0.1) is 13.2 Å². The maximum Gasteiger partial charge on any atom is 0.325 e. The standard InChI is InChI=1S/C21H17N3O4/c25-19-21(10-11-27-17-9-5-4-8-16(17)21)22-20(26)24(19)13-15-12-18(28-23-15)14-6-2-1-3-7-14/h1-9,12H,10-11,13H2,(H,22,26). The van der Waals surface area contributed by atoms with Crippen LogP contribution in [0.4, 0.5) is 4.79 Å². The molecule has 28 heavy (non-hydrogen) atoms. The molecule has 1 atom stereocenters. The highest BCUT2D eigenvalue weighted by Crippen LogP contribution is 2.41. The van der Waals surface area contributed by atoms with Gasteiger partial charge in [0.1, 0.15) is 11.4 Å². The summed E-state index contributed by atoms with van der Waals surface area (Å²) in [5.41, 5.74) is 0.998. The van der Waals surface area contributed by atoms with E-state index in [2.05, 4.69) is 10.5 Å². The second-order valence-electron chi connectivity index (χ2n) is 6.87. The Hall–Kier alpha value is -3.61. The second kappa shape index (κ2) is 6.23. The molecular formula is C21H17N3O4. The van der Waals surface area contributed by atoms with Crippen molar-refractivity contribution in [1.82, 2.24) is 15.4 Å². The Labute approximate surface area is 160 Å². The number of benzene rings is 2. The number of amides is 3. The minimum absolute atomic E-state index is 0.0474. The summed E-state index contributed by atoms with van der Waals surface area (Å²) in [5, 5.41) is 6.91. The Kier molecular flexibility index (Phi) is 3.68. The molecule has 1 saturated heterocycles. The van der Waals surface area contributed by atoms with E-state index in [1.54, 1.807) is 6.07 Å². The van der Waals surface area contributed by atoms with Crippen LogP contribution < -0.4 is 10.1 Å².